The quantitative estimate of drug-likeness (QED) is 0.202. The van der Waals surface area contributed by atoms with Crippen LogP contribution in [0.1, 0.15) is 22.3 Å². The molecule has 0 aliphatic heterocycles. The van der Waals surface area contributed by atoms with E-state index < -0.39 is 5.54 Å². The maximum Gasteiger partial charge on any atom is 0.138 e. The normalized spacial score (nSPS) is 11.7. The number of imidazole rings is 1. The first-order valence-electron chi connectivity index (χ1n) is 13.6. The Morgan fingerprint density at radius 1 is 0.659 bits per heavy atom. The molecule has 41 heavy (non-hydrogen) atoms. The largest absolute Gasteiger partial charge is 0.306 e. The van der Waals surface area contributed by atoms with Crippen molar-refractivity contribution in [2.45, 2.75) is 12.5 Å². The molecule has 0 aliphatic rings. The molecule has 0 fully saturated rings. The Kier molecular flexibility index (Phi) is 6.05. The molecule has 0 saturated carbocycles. The molecule has 0 spiro atoms. The summed E-state index contributed by atoms with van der Waals surface area (Å²) in [6.45, 7) is 2.09. The molecule has 4 aromatic carbocycles. The van der Waals surface area contributed by atoms with Crippen LogP contribution in [0.2, 0.25) is 0 Å². The van der Waals surface area contributed by atoms with Crippen molar-refractivity contribution in [3.63, 3.8) is 0 Å². The lowest BCUT2D eigenvalue weighted by Crippen LogP contribution is -2.38. The summed E-state index contributed by atoms with van der Waals surface area (Å²) >= 11 is 0. The summed E-state index contributed by atoms with van der Waals surface area (Å²) in [6.07, 6.45) is 7.98. The van der Waals surface area contributed by atoms with E-state index in [9.17, 15) is 4.39 Å². The van der Waals surface area contributed by atoms with Crippen LogP contribution < -0.4 is 0 Å². The van der Waals surface area contributed by atoms with Gasteiger partial charge in [0.2, 0.25) is 0 Å². The molecule has 5 heteroatoms. The van der Waals surface area contributed by atoms with E-state index in [1.165, 1.54) is 12.1 Å². The van der Waals surface area contributed by atoms with E-state index in [0.717, 1.165) is 50.3 Å². The van der Waals surface area contributed by atoms with Gasteiger partial charge in [0, 0.05) is 41.5 Å². The zero-order valence-electron chi connectivity index (χ0n) is 22.5. The third kappa shape index (κ3) is 4.14. The van der Waals surface area contributed by atoms with Crippen LogP contribution in [0.5, 0.6) is 0 Å². The van der Waals surface area contributed by atoms with E-state index in [4.69, 9.17) is 5.10 Å². The summed E-state index contributed by atoms with van der Waals surface area (Å²) in [6, 6.07) is 40.1. The van der Waals surface area contributed by atoms with Crippen molar-refractivity contribution in [1.29, 1.82) is 0 Å². The van der Waals surface area contributed by atoms with Crippen LogP contribution in [0.3, 0.4) is 0 Å². The first-order chi connectivity index (χ1) is 20.1. The van der Waals surface area contributed by atoms with E-state index in [-0.39, 0.29) is 5.82 Å². The van der Waals surface area contributed by atoms with Gasteiger partial charge < -0.3 is 4.40 Å². The van der Waals surface area contributed by atoms with Crippen LogP contribution >= 0.6 is 0 Å². The van der Waals surface area contributed by atoms with Crippen LogP contribution in [0.4, 0.5) is 4.39 Å². The fourth-order valence-electron chi connectivity index (χ4n) is 5.84. The fraction of sp³-hybridized carbons (Fsp3) is 0.0556. The van der Waals surface area contributed by atoms with Crippen molar-refractivity contribution in [1.82, 2.24) is 19.2 Å². The molecule has 0 N–H and O–H groups in total. The van der Waals surface area contributed by atoms with Gasteiger partial charge in [0.1, 0.15) is 22.7 Å². The Hall–Kier alpha value is -5.29. The van der Waals surface area contributed by atoms with Gasteiger partial charge in [-0.2, -0.15) is 5.10 Å². The molecule has 0 amide bonds. The lowest BCUT2D eigenvalue weighted by molar-refractivity contribution is 0.461. The molecule has 0 aliphatic carbocycles. The number of fused-ring (bicyclic) bond motifs is 1. The van der Waals surface area contributed by atoms with E-state index in [0.29, 0.717) is 0 Å². The second kappa shape index (κ2) is 10.0. The number of benzene rings is 4. The maximum absolute atomic E-state index is 14.1. The Balaban J connectivity index is 1.59. The molecule has 3 heterocycles. The number of hydrogen-bond donors (Lipinski definition) is 0. The number of halogens is 1. The highest BCUT2D eigenvalue weighted by Crippen LogP contribution is 2.43. The minimum absolute atomic E-state index is 0.280. The van der Waals surface area contributed by atoms with Crippen molar-refractivity contribution in [2.75, 3.05) is 0 Å². The lowest BCUT2D eigenvalue weighted by atomic mass is 9.77. The Labute approximate surface area is 238 Å². The van der Waals surface area contributed by atoms with Gasteiger partial charge in [0.25, 0.3) is 0 Å². The van der Waals surface area contributed by atoms with Crippen molar-refractivity contribution in [2.24, 2.45) is 0 Å². The summed E-state index contributed by atoms with van der Waals surface area (Å²) in [7, 11) is 0. The molecule has 7 rings (SSSR count). The summed E-state index contributed by atoms with van der Waals surface area (Å²) in [5.74, 6) is -0.280. The first kappa shape index (κ1) is 24.7. The van der Waals surface area contributed by atoms with Gasteiger partial charge in [-0.1, -0.05) is 91.0 Å². The lowest BCUT2D eigenvalue weighted by Gasteiger charge is -2.36. The average Bonchev–Trinajstić information content (AvgIpc) is 3.67. The highest BCUT2D eigenvalue weighted by atomic mass is 19.1. The topological polar surface area (TPSA) is 35.1 Å². The average molecular weight is 535 g/mol. The zero-order valence-corrected chi connectivity index (χ0v) is 22.5. The van der Waals surface area contributed by atoms with E-state index in [1.54, 1.807) is 18.3 Å². The molecule has 0 atom stereocenters. The van der Waals surface area contributed by atoms with Crippen molar-refractivity contribution in [3.8, 4) is 22.4 Å². The number of rotatable bonds is 6. The number of pyridine rings is 1. The highest BCUT2D eigenvalue weighted by Gasteiger charge is 2.40. The van der Waals surface area contributed by atoms with E-state index in [1.807, 2.05) is 28.8 Å². The number of aryl methyl sites for hydroxylation is 1. The van der Waals surface area contributed by atoms with E-state index in [2.05, 4.69) is 108 Å². The predicted octanol–water partition coefficient (Wildman–Crippen LogP) is 8.15. The number of nitrogens with zero attached hydrogens (tertiary/aromatic N) is 4. The van der Waals surface area contributed by atoms with Crippen molar-refractivity contribution in [3.05, 3.63) is 174 Å². The van der Waals surface area contributed by atoms with Crippen LogP contribution in [0.25, 0.3) is 28.0 Å². The molecule has 7 aromatic rings. The van der Waals surface area contributed by atoms with Crippen molar-refractivity contribution >= 4 is 5.65 Å². The molecule has 0 unspecified atom stereocenters. The zero-order chi connectivity index (χ0) is 27.8. The Bertz CT molecular complexity index is 1840. The van der Waals surface area contributed by atoms with Gasteiger partial charge in [-0.25, -0.2) is 9.37 Å². The number of hydrogen-bond acceptors (Lipinski definition) is 2. The molecule has 0 saturated heterocycles. The van der Waals surface area contributed by atoms with Gasteiger partial charge in [-0.3, -0.25) is 4.68 Å². The minimum Gasteiger partial charge on any atom is -0.306 e. The molecule has 0 radical (unpaired) electrons. The summed E-state index contributed by atoms with van der Waals surface area (Å²) < 4.78 is 18.2. The number of aromatic nitrogens is 4. The van der Waals surface area contributed by atoms with Crippen LogP contribution in [-0.4, -0.2) is 19.2 Å². The van der Waals surface area contributed by atoms with Crippen LogP contribution in [0.15, 0.2) is 146 Å². The van der Waals surface area contributed by atoms with Crippen molar-refractivity contribution < 1.29 is 4.39 Å². The molecule has 198 valence electrons. The van der Waals surface area contributed by atoms with Crippen LogP contribution in [0, 0.1) is 12.7 Å². The molecular weight excluding hydrogens is 507 g/mol. The molecule has 0 bridgehead atoms. The summed E-state index contributed by atoms with van der Waals surface area (Å²) in [5, 5.41) is 5.37. The Morgan fingerprint density at radius 2 is 1.22 bits per heavy atom. The van der Waals surface area contributed by atoms with Gasteiger partial charge in [-0.15, -0.1) is 0 Å². The highest BCUT2D eigenvalue weighted by molar-refractivity contribution is 5.82. The van der Waals surface area contributed by atoms with Gasteiger partial charge >= 0.3 is 0 Å². The summed E-state index contributed by atoms with van der Waals surface area (Å²) in [5.41, 5.74) is 8.04. The second-order valence-corrected chi connectivity index (χ2v) is 10.2. The third-order valence-corrected chi connectivity index (χ3v) is 7.78. The second-order valence-electron chi connectivity index (χ2n) is 10.2. The van der Waals surface area contributed by atoms with E-state index >= 15 is 0 Å². The molecule has 3 aromatic heterocycles. The molecular formula is C36H27FN4. The SMILES string of the molecule is Cc1cc2nccn2cc1-c1cn(C(c2ccccc2)(c2ccccc2)c2ccccc2)nc1-c1ccc(F)cc1. The third-order valence-electron chi connectivity index (χ3n) is 7.78. The molecule has 4 nitrogen and oxygen atoms in total. The maximum atomic E-state index is 14.1. The van der Waals surface area contributed by atoms with Crippen LogP contribution in [-0.2, 0) is 5.54 Å². The first-order valence-corrected chi connectivity index (χ1v) is 13.6. The van der Waals surface area contributed by atoms with Gasteiger partial charge in [0.15, 0.2) is 0 Å². The smallest absolute Gasteiger partial charge is 0.138 e. The Morgan fingerprint density at radius 3 is 1.78 bits per heavy atom. The van der Waals surface area contributed by atoms with Gasteiger partial charge in [-0.05, 0) is 59.5 Å². The predicted molar refractivity (Wildman–Crippen MR) is 161 cm³/mol. The minimum atomic E-state index is -0.774. The summed E-state index contributed by atoms with van der Waals surface area (Å²) in [4.78, 5) is 4.47. The van der Waals surface area contributed by atoms with Gasteiger partial charge in [0.05, 0.1) is 0 Å². The monoisotopic (exact) mass is 534 g/mol. The standard InChI is InChI=1S/C36H27FN4/c1-26-23-34-38-21-22-40(34)24-32(26)33-25-41(39-35(33)27-17-19-31(37)20-18-27)36(28-11-5-2-6-12-28,29-13-7-3-8-14-29)30-15-9-4-10-16-30/h2-25H,1H3. The fourth-order valence-corrected chi connectivity index (χ4v) is 5.84.